The lowest BCUT2D eigenvalue weighted by Crippen LogP contribution is -2.38. The van der Waals surface area contributed by atoms with E-state index in [4.69, 9.17) is 4.74 Å². The maximum Gasteiger partial charge on any atom is 0.159 e. The van der Waals surface area contributed by atoms with Gasteiger partial charge in [-0.1, -0.05) is 19.1 Å². The Morgan fingerprint density at radius 3 is 2.74 bits per heavy atom. The predicted molar refractivity (Wildman–Crippen MR) is 91.1 cm³/mol. The van der Waals surface area contributed by atoms with Gasteiger partial charge in [-0.05, 0) is 45.1 Å². The van der Waals surface area contributed by atoms with Gasteiger partial charge >= 0.3 is 0 Å². The number of hydrogen-bond acceptors (Lipinski definition) is 5. The van der Waals surface area contributed by atoms with Gasteiger partial charge in [-0.25, -0.2) is 0 Å². The van der Waals surface area contributed by atoms with Gasteiger partial charge in [0.05, 0.1) is 0 Å². The summed E-state index contributed by atoms with van der Waals surface area (Å²) in [5.74, 6) is 0.644. The van der Waals surface area contributed by atoms with E-state index >= 15 is 0 Å². The summed E-state index contributed by atoms with van der Waals surface area (Å²) in [6.07, 6.45) is 0.617. The monoisotopic (exact) mass is 320 g/mol. The third-order valence-corrected chi connectivity index (χ3v) is 4.28. The summed E-state index contributed by atoms with van der Waals surface area (Å²) in [6.45, 7) is 9.89. The molecule has 1 unspecified atom stereocenters. The van der Waals surface area contributed by atoms with E-state index in [2.05, 4.69) is 16.7 Å². The fourth-order valence-corrected chi connectivity index (χ4v) is 2.87. The zero-order chi connectivity index (χ0) is 16.7. The van der Waals surface area contributed by atoms with Gasteiger partial charge in [0.25, 0.3) is 0 Å². The average molecular weight is 320 g/mol. The third kappa shape index (κ3) is 5.94. The summed E-state index contributed by atoms with van der Waals surface area (Å²) in [7, 11) is 0. The number of carbonyl (C=O) groups excluding carboxylic acids is 1. The molecule has 0 aliphatic carbocycles. The van der Waals surface area contributed by atoms with E-state index in [1.165, 1.54) is 6.92 Å². The van der Waals surface area contributed by atoms with Crippen LogP contribution in [0.25, 0.3) is 0 Å². The molecule has 1 aliphatic heterocycles. The lowest BCUT2D eigenvalue weighted by atomic mass is 10.1. The number of nitrogens with zero attached hydrogens (tertiary/aromatic N) is 2. The Morgan fingerprint density at radius 1 is 1.26 bits per heavy atom. The molecule has 5 nitrogen and oxygen atoms in total. The number of aliphatic hydroxyl groups is 1. The quantitative estimate of drug-likeness (QED) is 0.774. The van der Waals surface area contributed by atoms with Crippen LogP contribution in [0.4, 0.5) is 0 Å². The molecule has 23 heavy (non-hydrogen) atoms. The summed E-state index contributed by atoms with van der Waals surface area (Å²) in [6, 6.07) is 7.10. The Labute approximate surface area is 138 Å². The molecule has 0 saturated carbocycles. The minimum absolute atomic E-state index is 0.0149. The number of β-amino-alcohol motifs (C(OH)–C–C–N with tert-alkyl or cyclic N) is 1. The highest BCUT2D eigenvalue weighted by Gasteiger charge is 2.17. The van der Waals surface area contributed by atoms with E-state index in [9.17, 15) is 9.90 Å². The molecule has 2 rings (SSSR count). The molecular formula is C18H28N2O3. The molecule has 1 aromatic rings. The molecule has 0 amide bonds. The Hall–Kier alpha value is -1.43. The Kier molecular flexibility index (Phi) is 7.02. The van der Waals surface area contributed by atoms with Gasteiger partial charge in [-0.2, -0.15) is 0 Å². The summed E-state index contributed by atoms with van der Waals surface area (Å²) < 4.78 is 5.63. The van der Waals surface area contributed by atoms with Crippen molar-refractivity contribution in [2.75, 3.05) is 45.9 Å². The number of Topliss-reactive ketones (excluding diaryl/α,β-unsaturated/α-hetero) is 1. The maximum atomic E-state index is 11.4. The van der Waals surface area contributed by atoms with Crippen LogP contribution in [0.5, 0.6) is 5.75 Å². The van der Waals surface area contributed by atoms with Gasteiger partial charge in [0.15, 0.2) is 5.78 Å². The van der Waals surface area contributed by atoms with Crippen LogP contribution in [0.1, 0.15) is 30.6 Å². The SMILES string of the molecule is CCN1CCCN(CC(O)COc2cccc(C(C)=O)c2)CC1. The van der Waals surface area contributed by atoms with E-state index < -0.39 is 6.10 Å². The first-order chi connectivity index (χ1) is 11.1. The lowest BCUT2D eigenvalue weighted by molar-refractivity contribution is 0.0694. The highest BCUT2D eigenvalue weighted by molar-refractivity contribution is 5.94. The van der Waals surface area contributed by atoms with E-state index in [-0.39, 0.29) is 12.4 Å². The normalized spacial score (nSPS) is 18.4. The zero-order valence-electron chi connectivity index (χ0n) is 14.2. The predicted octanol–water partition coefficient (Wildman–Crippen LogP) is 1.66. The van der Waals surface area contributed by atoms with Gasteiger partial charge in [-0.3, -0.25) is 9.69 Å². The van der Waals surface area contributed by atoms with E-state index in [0.29, 0.717) is 17.9 Å². The van der Waals surface area contributed by atoms with Crippen LogP contribution in [0, 0.1) is 0 Å². The topological polar surface area (TPSA) is 53.0 Å². The number of hydrogen-bond donors (Lipinski definition) is 1. The Balaban J connectivity index is 1.77. The number of ether oxygens (including phenoxy) is 1. The van der Waals surface area contributed by atoms with Crippen molar-refractivity contribution in [2.45, 2.75) is 26.4 Å². The number of aliphatic hydroxyl groups excluding tert-OH is 1. The van der Waals surface area contributed by atoms with Crippen molar-refractivity contribution in [1.29, 1.82) is 0 Å². The maximum absolute atomic E-state index is 11.4. The fourth-order valence-electron chi connectivity index (χ4n) is 2.87. The minimum atomic E-state index is -0.524. The lowest BCUT2D eigenvalue weighted by Gasteiger charge is -2.23. The Bertz CT molecular complexity index is 507. The van der Waals surface area contributed by atoms with Crippen LogP contribution < -0.4 is 4.74 Å². The molecule has 1 saturated heterocycles. The highest BCUT2D eigenvalue weighted by atomic mass is 16.5. The summed E-state index contributed by atoms with van der Waals surface area (Å²) >= 11 is 0. The summed E-state index contributed by atoms with van der Waals surface area (Å²) in [5, 5.41) is 10.2. The van der Waals surface area contributed by atoms with Gasteiger partial charge in [0, 0.05) is 25.2 Å². The minimum Gasteiger partial charge on any atom is -0.491 e. The van der Waals surface area contributed by atoms with Crippen LogP contribution in [-0.4, -0.2) is 72.7 Å². The van der Waals surface area contributed by atoms with Crippen LogP contribution in [0.15, 0.2) is 24.3 Å². The molecule has 0 aromatic heterocycles. The molecule has 0 spiro atoms. The second-order valence-electron chi connectivity index (χ2n) is 6.14. The first-order valence-corrected chi connectivity index (χ1v) is 8.45. The van der Waals surface area contributed by atoms with Gasteiger partial charge < -0.3 is 14.7 Å². The second-order valence-corrected chi connectivity index (χ2v) is 6.14. The van der Waals surface area contributed by atoms with E-state index in [1.807, 2.05) is 6.07 Å². The van der Waals surface area contributed by atoms with Crippen molar-refractivity contribution >= 4 is 5.78 Å². The standard InChI is InChI=1S/C18H28N2O3/c1-3-19-8-5-9-20(11-10-19)13-17(22)14-23-18-7-4-6-16(12-18)15(2)21/h4,6-7,12,17,22H,3,5,8-11,13-14H2,1-2H3. The molecule has 1 heterocycles. The van der Waals surface area contributed by atoms with Gasteiger partial charge in [0.1, 0.15) is 18.5 Å². The molecule has 0 radical (unpaired) electrons. The second kappa shape index (κ2) is 9.01. The summed E-state index contributed by atoms with van der Waals surface area (Å²) in [5.41, 5.74) is 0.629. The van der Waals surface area contributed by atoms with Crippen LogP contribution in [0.3, 0.4) is 0 Å². The number of rotatable bonds is 7. The smallest absolute Gasteiger partial charge is 0.159 e. The van der Waals surface area contributed by atoms with Crippen LogP contribution in [-0.2, 0) is 0 Å². The van der Waals surface area contributed by atoms with Gasteiger partial charge in [-0.15, -0.1) is 0 Å². The largest absolute Gasteiger partial charge is 0.491 e. The number of carbonyl (C=O) groups is 1. The highest BCUT2D eigenvalue weighted by Crippen LogP contribution is 2.14. The average Bonchev–Trinajstić information content (AvgIpc) is 2.78. The van der Waals surface area contributed by atoms with Crippen molar-refractivity contribution in [3.63, 3.8) is 0 Å². The zero-order valence-corrected chi connectivity index (χ0v) is 14.2. The first-order valence-electron chi connectivity index (χ1n) is 8.45. The number of ketones is 1. The van der Waals surface area contributed by atoms with Crippen molar-refractivity contribution in [1.82, 2.24) is 9.80 Å². The molecule has 1 aromatic carbocycles. The van der Waals surface area contributed by atoms with E-state index in [0.717, 1.165) is 39.1 Å². The van der Waals surface area contributed by atoms with Crippen molar-refractivity contribution in [3.05, 3.63) is 29.8 Å². The van der Waals surface area contributed by atoms with Crippen molar-refractivity contribution in [3.8, 4) is 5.75 Å². The third-order valence-electron chi connectivity index (χ3n) is 4.28. The van der Waals surface area contributed by atoms with Crippen molar-refractivity contribution in [2.24, 2.45) is 0 Å². The van der Waals surface area contributed by atoms with Crippen LogP contribution in [0.2, 0.25) is 0 Å². The molecule has 1 atom stereocenters. The Morgan fingerprint density at radius 2 is 2.00 bits per heavy atom. The van der Waals surface area contributed by atoms with E-state index in [1.54, 1.807) is 18.2 Å². The molecule has 128 valence electrons. The molecule has 1 fully saturated rings. The first kappa shape index (κ1) is 17.9. The van der Waals surface area contributed by atoms with Crippen LogP contribution >= 0.6 is 0 Å². The molecular weight excluding hydrogens is 292 g/mol. The van der Waals surface area contributed by atoms with Crippen molar-refractivity contribution < 1.29 is 14.6 Å². The molecule has 5 heteroatoms. The number of benzene rings is 1. The number of likely N-dealkylation sites (N-methyl/N-ethyl adjacent to an activating group) is 1. The fraction of sp³-hybridized carbons (Fsp3) is 0.611. The molecule has 1 aliphatic rings. The summed E-state index contributed by atoms with van der Waals surface area (Å²) in [4.78, 5) is 16.1. The molecule has 1 N–H and O–H groups in total. The molecule has 0 bridgehead atoms. The van der Waals surface area contributed by atoms with Gasteiger partial charge in [0.2, 0.25) is 0 Å².